The number of rotatable bonds is 4. The van der Waals surface area contributed by atoms with Crippen LogP contribution in [0, 0.1) is 0 Å². The molecule has 2 fully saturated rings. The molecule has 0 amide bonds. The molecule has 3 aliphatic heterocycles. The molecule has 1 aromatic carbocycles. The lowest BCUT2D eigenvalue weighted by molar-refractivity contribution is -0.233. The van der Waals surface area contributed by atoms with E-state index in [2.05, 4.69) is 12.2 Å². The zero-order valence-electron chi connectivity index (χ0n) is 20.7. The Morgan fingerprint density at radius 3 is 2.47 bits per heavy atom. The van der Waals surface area contributed by atoms with Crippen molar-refractivity contribution in [2.24, 2.45) is 0 Å². The summed E-state index contributed by atoms with van der Waals surface area (Å²) < 4.78 is 30.9. The number of ether oxygens (including phenoxy) is 5. The predicted molar refractivity (Wildman–Crippen MR) is 129 cm³/mol. The van der Waals surface area contributed by atoms with Crippen molar-refractivity contribution in [2.45, 2.75) is 121 Å². The minimum absolute atomic E-state index is 0.159. The second-order valence-electron chi connectivity index (χ2n) is 10.1. The Balaban J connectivity index is 1.48. The number of benzene rings is 1. The lowest BCUT2D eigenvalue weighted by Gasteiger charge is -2.31. The molecule has 1 aromatic rings. The molecule has 6 nitrogen and oxygen atoms in total. The quantitative estimate of drug-likeness (QED) is 0.406. The standard InChI is InChI=1S/C28H40O6/c1-28(2)33-26-25(30-20-21-16-12-11-13-17-21)24(32-27(26)34-28)22-18-14-9-7-5-3-4-6-8-10-15-19-23(29)31-22/h7,9,11-13,16-17,22,24-27H,3-6,8,10,14-15,18-20H2,1-2H3/b9-7+/t22-,24-,25+,26-,27-/m1/s1. The summed E-state index contributed by atoms with van der Waals surface area (Å²) in [7, 11) is 0. The Kier molecular flexibility index (Phi) is 9.17. The molecule has 0 bridgehead atoms. The molecule has 0 unspecified atom stereocenters. The average Bonchev–Trinajstić information content (AvgIpc) is 3.29. The van der Waals surface area contributed by atoms with E-state index in [1.165, 1.54) is 25.7 Å². The van der Waals surface area contributed by atoms with Gasteiger partial charge in [-0.2, -0.15) is 0 Å². The average molecular weight is 473 g/mol. The van der Waals surface area contributed by atoms with Crippen LogP contribution in [0.25, 0.3) is 0 Å². The fourth-order valence-corrected chi connectivity index (χ4v) is 5.01. The van der Waals surface area contributed by atoms with Crippen molar-refractivity contribution in [1.82, 2.24) is 0 Å². The summed E-state index contributed by atoms with van der Waals surface area (Å²) in [6.07, 6.45) is 12.2. The zero-order valence-corrected chi connectivity index (χ0v) is 20.7. The molecule has 0 spiro atoms. The van der Waals surface area contributed by atoms with Crippen LogP contribution in [0.3, 0.4) is 0 Å². The fraction of sp³-hybridized carbons (Fsp3) is 0.679. The zero-order chi connectivity index (χ0) is 23.8. The van der Waals surface area contributed by atoms with Crippen LogP contribution < -0.4 is 0 Å². The molecule has 0 aromatic heterocycles. The minimum Gasteiger partial charge on any atom is -0.459 e. The van der Waals surface area contributed by atoms with Gasteiger partial charge in [0.2, 0.25) is 0 Å². The van der Waals surface area contributed by atoms with Gasteiger partial charge in [-0.05, 0) is 51.5 Å². The number of hydrogen-bond donors (Lipinski definition) is 0. The van der Waals surface area contributed by atoms with Gasteiger partial charge in [-0.3, -0.25) is 4.79 Å². The third-order valence-corrected chi connectivity index (χ3v) is 6.75. The van der Waals surface area contributed by atoms with Gasteiger partial charge in [0, 0.05) is 6.42 Å². The number of esters is 1. The number of fused-ring (bicyclic) bond motifs is 1. The molecule has 0 saturated carbocycles. The van der Waals surface area contributed by atoms with Gasteiger partial charge in [0.15, 0.2) is 12.1 Å². The minimum atomic E-state index is -0.740. The maximum Gasteiger partial charge on any atom is 0.306 e. The van der Waals surface area contributed by atoms with Crippen molar-refractivity contribution < 1.29 is 28.5 Å². The summed E-state index contributed by atoms with van der Waals surface area (Å²) in [5, 5.41) is 0. The van der Waals surface area contributed by atoms with E-state index in [-0.39, 0.29) is 12.1 Å². The first-order valence-corrected chi connectivity index (χ1v) is 13.0. The molecule has 0 radical (unpaired) electrons. The number of cyclic esters (lactones) is 1. The number of hydrogen-bond acceptors (Lipinski definition) is 6. The smallest absolute Gasteiger partial charge is 0.306 e. The largest absolute Gasteiger partial charge is 0.459 e. The van der Waals surface area contributed by atoms with Crippen LogP contribution >= 0.6 is 0 Å². The van der Waals surface area contributed by atoms with E-state index >= 15 is 0 Å². The molecule has 6 heteroatoms. The maximum atomic E-state index is 12.7. The van der Waals surface area contributed by atoms with Crippen LogP contribution in [0.2, 0.25) is 0 Å². The molecular weight excluding hydrogens is 432 g/mol. The Morgan fingerprint density at radius 2 is 1.65 bits per heavy atom. The number of carbonyl (C=O) groups excluding carboxylic acids is 1. The Morgan fingerprint density at radius 1 is 0.912 bits per heavy atom. The highest BCUT2D eigenvalue weighted by molar-refractivity contribution is 5.69. The van der Waals surface area contributed by atoms with Crippen LogP contribution in [0.5, 0.6) is 0 Å². The molecule has 3 heterocycles. The van der Waals surface area contributed by atoms with Crippen LogP contribution in [0.4, 0.5) is 0 Å². The molecule has 4 rings (SSSR count). The normalized spacial score (nSPS) is 33.9. The predicted octanol–water partition coefficient (Wildman–Crippen LogP) is 5.83. The first-order chi connectivity index (χ1) is 16.5. The molecular formula is C28H40O6. The summed E-state index contributed by atoms with van der Waals surface area (Å²) in [5.41, 5.74) is 1.07. The summed E-state index contributed by atoms with van der Waals surface area (Å²) in [4.78, 5) is 12.7. The number of carbonyl (C=O) groups is 1. The lowest BCUT2D eigenvalue weighted by atomic mass is 10.0. The SMILES string of the molecule is CC1(C)O[C@H]2O[C@H]([C@H]3CC/C=C/CCCCCCCCC(=O)O3)[C@H](OCc3ccccc3)[C@H]2O1. The first kappa shape index (κ1) is 25.4. The highest BCUT2D eigenvalue weighted by Gasteiger charge is 2.57. The summed E-state index contributed by atoms with van der Waals surface area (Å²) >= 11 is 0. The molecule has 2 saturated heterocycles. The second kappa shape index (κ2) is 12.3. The highest BCUT2D eigenvalue weighted by Crippen LogP contribution is 2.41. The van der Waals surface area contributed by atoms with Gasteiger partial charge < -0.3 is 23.7 Å². The van der Waals surface area contributed by atoms with Gasteiger partial charge in [0.1, 0.15) is 24.4 Å². The van der Waals surface area contributed by atoms with Gasteiger partial charge in [0.25, 0.3) is 0 Å². The monoisotopic (exact) mass is 472 g/mol. The maximum absolute atomic E-state index is 12.7. The van der Waals surface area contributed by atoms with Crippen LogP contribution in [-0.4, -0.2) is 42.5 Å². The molecule has 3 aliphatic rings. The molecule has 0 aliphatic carbocycles. The molecule has 5 atom stereocenters. The first-order valence-electron chi connectivity index (χ1n) is 13.0. The summed E-state index contributed by atoms with van der Waals surface area (Å²) in [6, 6.07) is 10.1. The van der Waals surface area contributed by atoms with Crippen LogP contribution in [0.1, 0.15) is 83.6 Å². The van der Waals surface area contributed by atoms with E-state index in [9.17, 15) is 4.79 Å². The van der Waals surface area contributed by atoms with Crippen molar-refractivity contribution in [3.8, 4) is 0 Å². The lowest BCUT2D eigenvalue weighted by Crippen LogP contribution is -2.44. The van der Waals surface area contributed by atoms with E-state index < -0.39 is 30.4 Å². The van der Waals surface area contributed by atoms with E-state index in [4.69, 9.17) is 23.7 Å². The Bertz CT molecular complexity index is 791. The summed E-state index contributed by atoms with van der Waals surface area (Å²) in [5.74, 6) is -0.899. The second-order valence-corrected chi connectivity index (χ2v) is 10.1. The van der Waals surface area contributed by atoms with E-state index in [1.807, 2.05) is 44.2 Å². The van der Waals surface area contributed by atoms with E-state index in [1.54, 1.807) is 0 Å². The molecule has 0 N–H and O–H groups in total. The summed E-state index contributed by atoms with van der Waals surface area (Å²) in [6.45, 7) is 4.19. The third kappa shape index (κ3) is 7.14. The fourth-order valence-electron chi connectivity index (χ4n) is 5.01. The topological polar surface area (TPSA) is 63.2 Å². The van der Waals surface area contributed by atoms with Gasteiger partial charge in [-0.15, -0.1) is 0 Å². The van der Waals surface area contributed by atoms with Crippen molar-refractivity contribution in [3.63, 3.8) is 0 Å². The molecule has 188 valence electrons. The van der Waals surface area contributed by atoms with Gasteiger partial charge in [0.05, 0.1) is 6.61 Å². The van der Waals surface area contributed by atoms with E-state index in [0.29, 0.717) is 19.4 Å². The highest BCUT2D eigenvalue weighted by atomic mass is 16.8. The molecule has 34 heavy (non-hydrogen) atoms. The van der Waals surface area contributed by atoms with Crippen molar-refractivity contribution in [3.05, 3.63) is 48.0 Å². The van der Waals surface area contributed by atoms with E-state index in [0.717, 1.165) is 31.2 Å². The number of allylic oxidation sites excluding steroid dienone is 2. The van der Waals surface area contributed by atoms with Crippen LogP contribution in [-0.2, 0) is 35.1 Å². The Labute approximate surface area is 203 Å². The van der Waals surface area contributed by atoms with Crippen molar-refractivity contribution in [1.29, 1.82) is 0 Å². The van der Waals surface area contributed by atoms with Gasteiger partial charge in [-0.1, -0.05) is 68.2 Å². The van der Waals surface area contributed by atoms with Crippen LogP contribution in [0.15, 0.2) is 42.5 Å². The van der Waals surface area contributed by atoms with Crippen molar-refractivity contribution >= 4 is 5.97 Å². The Hall–Kier alpha value is -1.73. The van der Waals surface area contributed by atoms with Crippen molar-refractivity contribution in [2.75, 3.05) is 0 Å². The third-order valence-electron chi connectivity index (χ3n) is 6.75. The van der Waals surface area contributed by atoms with Gasteiger partial charge >= 0.3 is 5.97 Å². The van der Waals surface area contributed by atoms with Gasteiger partial charge in [-0.25, -0.2) is 0 Å².